The molecule has 0 aromatic heterocycles. The Morgan fingerprint density at radius 2 is 1.14 bits per heavy atom. The molecule has 0 rings (SSSR count). The van der Waals surface area contributed by atoms with Crippen LogP contribution in [0, 0.1) is 0 Å². The van der Waals surface area contributed by atoms with Crippen LogP contribution in [-0.2, 0) is 18.4 Å². The first-order valence-electron chi connectivity index (χ1n) is 20.3. The number of likely N-dealkylation sites (N-methyl/N-ethyl adjacent to an activating group) is 1. The van der Waals surface area contributed by atoms with Crippen molar-refractivity contribution in [3.05, 3.63) is 24.3 Å². The molecule has 0 aromatic rings. The molecule has 50 heavy (non-hydrogen) atoms. The Morgan fingerprint density at radius 3 is 1.66 bits per heavy atom. The molecule has 0 radical (unpaired) electrons. The number of aliphatic hydroxyl groups excluding tert-OH is 2. The Balaban J connectivity index is 4.63. The quantitative estimate of drug-likeness (QED) is 0.0219. The van der Waals surface area contributed by atoms with E-state index in [1.54, 1.807) is 0 Å². The third kappa shape index (κ3) is 32.8. The van der Waals surface area contributed by atoms with Crippen LogP contribution in [0.2, 0.25) is 0 Å². The Bertz CT molecular complexity index is 893. The lowest BCUT2D eigenvalue weighted by atomic mass is 10.0. The van der Waals surface area contributed by atoms with Gasteiger partial charge in [-0.3, -0.25) is 13.8 Å². The van der Waals surface area contributed by atoms with Crippen LogP contribution in [0.25, 0.3) is 0 Å². The Hall–Kier alpha value is -1.06. The van der Waals surface area contributed by atoms with Gasteiger partial charge in [-0.15, -0.1) is 0 Å². The lowest BCUT2D eigenvalue weighted by Gasteiger charge is -2.28. The van der Waals surface area contributed by atoms with Crippen LogP contribution >= 0.6 is 7.82 Å². The van der Waals surface area contributed by atoms with E-state index in [0.717, 1.165) is 44.9 Å². The first-order valence-corrected chi connectivity index (χ1v) is 21.8. The zero-order valence-corrected chi connectivity index (χ0v) is 33.9. The molecule has 9 nitrogen and oxygen atoms in total. The van der Waals surface area contributed by atoms with Crippen LogP contribution in [0.5, 0.6) is 0 Å². The number of amides is 1. The highest BCUT2D eigenvalue weighted by molar-refractivity contribution is 7.47. The first kappa shape index (κ1) is 48.9. The molecule has 0 aliphatic rings. The highest BCUT2D eigenvalue weighted by Gasteiger charge is 2.31. The molecule has 0 spiro atoms. The summed E-state index contributed by atoms with van der Waals surface area (Å²) in [6, 6.07) is -1.05. The van der Waals surface area contributed by atoms with Gasteiger partial charge < -0.3 is 24.9 Å². The summed E-state index contributed by atoms with van der Waals surface area (Å²) in [5.41, 5.74) is 0. The summed E-state index contributed by atoms with van der Waals surface area (Å²) in [5, 5.41) is 24.5. The Morgan fingerprint density at radius 1 is 0.680 bits per heavy atom. The summed E-state index contributed by atoms with van der Waals surface area (Å²) in [6.45, 7) is 4.53. The lowest BCUT2D eigenvalue weighted by molar-refractivity contribution is -0.870. The molecule has 1 amide bonds. The average Bonchev–Trinajstić information content (AvgIpc) is 3.06. The number of nitrogens with zero attached hydrogens (tertiary/aromatic N) is 1. The van der Waals surface area contributed by atoms with E-state index < -0.39 is 32.7 Å². The molecule has 4 atom stereocenters. The van der Waals surface area contributed by atoms with Crippen LogP contribution in [0.15, 0.2) is 24.3 Å². The molecule has 0 aliphatic carbocycles. The molecule has 0 heterocycles. The standard InChI is InChI=1S/C40H79N2O7P/c1-6-8-10-12-14-16-18-20-21-23-25-27-29-31-33-39(44)41-37(36-49-50(46,47)48-35-34-42(3,4)5)40(45)38(43)32-30-28-26-24-22-19-17-15-13-11-9-7-2/h15,17,24,26,37-38,40,43,45H,6-14,16,18-23,25,27-36H2,1-5H3,(H-,41,44,46,47)/p+1/b17-15+,26-24+. The maximum atomic E-state index is 12.8. The fraction of sp³-hybridized carbons (Fsp3) is 0.875. The molecule has 4 unspecified atom stereocenters. The highest BCUT2D eigenvalue weighted by atomic mass is 31.2. The Kier molecular flexibility index (Phi) is 31.9. The second kappa shape index (κ2) is 32.6. The third-order valence-electron chi connectivity index (χ3n) is 9.02. The second-order valence-corrected chi connectivity index (χ2v) is 16.6. The molecule has 0 saturated carbocycles. The van der Waals surface area contributed by atoms with Gasteiger partial charge in [-0.2, -0.15) is 0 Å². The zero-order valence-electron chi connectivity index (χ0n) is 33.0. The van der Waals surface area contributed by atoms with Gasteiger partial charge in [0, 0.05) is 6.42 Å². The van der Waals surface area contributed by atoms with Crippen LogP contribution in [0.4, 0.5) is 0 Å². The number of quaternary nitrogens is 1. The molecule has 0 bridgehead atoms. The maximum Gasteiger partial charge on any atom is 0.472 e. The van der Waals surface area contributed by atoms with Gasteiger partial charge in [0.15, 0.2) is 0 Å². The number of rotatable bonds is 36. The number of carbonyl (C=O) groups excluding carboxylic acids is 1. The van der Waals surface area contributed by atoms with Gasteiger partial charge in [-0.05, 0) is 51.4 Å². The minimum atomic E-state index is -4.42. The summed E-state index contributed by atoms with van der Waals surface area (Å²) in [7, 11) is 1.41. The monoisotopic (exact) mass is 732 g/mol. The van der Waals surface area contributed by atoms with Gasteiger partial charge in [-0.25, -0.2) is 4.57 Å². The number of phosphoric ester groups is 1. The smallest absolute Gasteiger partial charge is 0.390 e. The van der Waals surface area contributed by atoms with E-state index >= 15 is 0 Å². The maximum absolute atomic E-state index is 12.8. The lowest BCUT2D eigenvalue weighted by Crippen LogP contribution is -2.51. The minimum Gasteiger partial charge on any atom is -0.390 e. The van der Waals surface area contributed by atoms with E-state index in [1.807, 2.05) is 21.1 Å². The summed E-state index contributed by atoms with van der Waals surface area (Å²) in [5.74, 6) is -0.273. The predicted molar refractivity (Wildman–Crippen MR) is 209 cm³/mol. The van der Waals surface area contributed by atoms with Gasteiger partial charge in [0.05, 0.1) is 39.9 Å². The molecule has 0 aliphatic heterocycles. The van der Waals surface area contributed by atoms with Crippen molar-refractivity contribution >= 4 is 13.7 Å². The van der Waals surface area contributed by atoms with Crippen molar-refractivity contribution in [3.63, 3.8) is 0 Å². The number of carbonyl (C=O) groups is 1. The highest BCUT2D eigenvalue weighted by Crippen LogP contribution is 2.43. The second-order valence-electron chi connectivity index (χ2n) is 15.1. The van der Waals surface area contributed by atoms with Crippen molar-refractivity contribution < 1.29 is 38.0 Å². The molecular formula is C40H80N2O7P+. The molecule has 296 valence electrons. The van der Waals surface area contributed by atoms with E-state index in [9.17, 15) is 24.5 Å². The van der Waals surface area contributed by atoms with Gasteiger partial charge in [0.2, 0.25) is 5.91 Å². The number of hydrogen-bond acceptors (Lipinski definition) is 6. The van der Waals surface area contributed by atoms with E-state index in [-0.39, 0.29) is 18.9 Å². The molecule has 10 heteroatoms. The SMILES string of the molecule is CCCCC/C=C/CC/C=C/CCCC(O)C(O)C(COP(=O)(O)OCC[N+](C)(C)C)NC(=O)CCCCCCCCCCCCCCCC. The van der Waals surface area contributed by atoms with Crippen molar-refractivity contribution in [2.75, 3.05) is 40.9 Å². The topological polar surface area (TPSA) is 125 Å². The summed E-state index contributed by atoms with van der Waals surface area (Å²) < 4.78 is 23.4. The minimum absolute atomic E-state index is 0.0152. The van der Waals surface area contributed by atoms with Crippen LogP contribution in [-0.4, -0.2) is 84.6 Å². The normalized spacial score (nSPS) is 15.4. The molecule has 0 aromatic carbocycles. The van der Waals surface area contributed by atoms with Crippen molar-refractivity contribution in [2.24, 2.45) is 0 Å². The number of nitrogens with one attached hydrogen (secondary N) is 1. The van der Waals surface area contributed by atoms with Crippen molar-refractivity contribution in [2.45, 2.75) is 186 Å². The first-order chi connectivity index (χ1) is 23.9. The van der Waals surface area contributed by atoms with Gasteiger partial charge >= 0.3 is 7.82 Å². The number of hydrogen-bond donors (Lipinski definition) is 4. The summed E-state index contributed by atoms with van der Waals surface area (Å²) >= 11 is 0. The number of unbranched alkanes of at least 4 members (excludes halogenated alkanes) is 18. The Labute approximate surface area is 307 Å². The van der Waals surface area contributed by atoms with E-state index in [4.69, 9.17) is 9.05 Å². The molecule has 4 N–H and O–H groups in total. The predicted octanol–water partition coefficient (Wildman–Crippen LogP) is 9.55. The molecule has 0 saturated heterocycles. The average molecular weight is 732 g/mol. The van der Waals surface area contributed by atoms with E-state index in [1.165, 1.54) is 89.9 Å². The summed E-state index contributed by atoms with van der Waals surface area (Å²) in [4.78, 5) is 23.1. The zero-order chi connectivity index (χ0) is 37.4. The van der Waals surface area contributed by atoms with Crippen LogP contribution in [0.3, 0.4) is 0 Å². The summed E-state index contributed by atoms with van der Waals surface area (Å²) in [6.07, 6.45) is 32.4. The fourth-order valence-electron chi connectivity index (χ4n) is 5.69. The van der Waals surface area contributed by atoms with Gasteiger partial charge in [-0.1, -0.05) is 134 Å². The van der Waals surface area contributed by atoms with E-state index in [2.05, 4.69) is 43.5 Å². The number of aliphatic hydroxyl groups is 2. The van der Waals surface area contributed by atoms with Crippen molar-refractivity contribution in [3.8, 4) is 0 Å². The van der Waals surface area contributed by atoms with Crippen LogP contribution < -0.4 is 5.32 Å². The molecular weight excluding hydrogens is 651 g/mol. The fourth-order valence-corrected chi connectivity index (χ4v) is 6.42. The number of allylic oxidation sites excluding steroid dienone is 4. The number of phosphoric acid groups is 1. The van der Waals surface area contributed by atoms with Gasteiger partial charge in [0.1, 0.15) is 19.3 Å². The van der Waals surface area contributed by atoms with E-state index in [0.29, 0.717) is 23.9 Å². The largest absolute Gasteiger partial charge is 0.472 e. The van der Waals surface area contributed by atoms with Crippen molar-refractivity contribution in [1.29, 1.82) is 0 Å². The van der Waals surface area contributed by atoms with Gasteiger partial charge in [0.25, 0.3) is 0 Å². The third-order valence-corrected chi connectivity index (χ3v) is 10.0. The van der Waals surface area contributed by atoms with Crippen molar-refractivity contribution in [1.82, 2.24) is 5.32 Å². The van der Waals surface area contributed by atoms with Crippen LogP contribution in [0.1, 0.15) is 168 Å². The molecule has 0 fully saturated rings.